The maximum absolute atomic E-state index is 14.0. The smallest absolute Gasteiger partial charge is 0.313 e. The average molecular weight is 393 g/mol. The van der Waals surface area contributed by atoms with Gasteiger partial charge in [-0.2, -0.15) is 0 Å². The van der Waals surface area contributed by atoms with Gasteiger partial charge in [0.1, 0.15) is 11.6 Å². The van der Waals surface area contributed by atoms with Gasteiger partial charge in [0.05, 0.1) is 5.69 Å². The molecule has 1 fully saturated rings. The molecule has 0 aliphatic carbocycles. The van der Waals surface area contributed by atoms with E-state index in [1.165, 1.54) is 11.0 Å². The van der Waals surface area contributed by atoms with Gasteiger partial charge in [0.25, 0.3) is 0 Å². The molecular weight excluding hydrogens is 373 g/mol. The molecule has 0 bridgehead atoms. The van der Waals surface area contributed by atoms with E-state index in [2.05, 4.69) is 5.32 Å². The second-order valence-corrected chi connectivity index (χ2v) is 6.86. The third-order valence-corrected chi connectivity index (χ3v) is 5.10. The minimum absolute atomic E-state index is 0.106. The Bertz CT molecular complexity index is 1080. The maximum atomic E-state index is 14.0. The monoisotopic (exact) mass is 393 g/mol. The number of para-hydroxylation sites is 1. The number of amides is 2. The summed E-state index contributed by atoms with van der Waals surface area (Å²) in [5.74, 6) is -1.56. The lowest BCUT2D eigenvalue weighted by atomic mass is 10.1. The van der Waals surface area contributed by atoms with Crippen LogP contribution in [0.1, 0.15) is 0 Å². The second kappa shape index (κ2) is 7.79. The molecule has 29 heavy (non-hydrogen) atoms. The molecule has 1 heterocycles. The van der Waals surface area contributed by atoms with Crippen molar-refractivity contribution in [1.82, 2.24) is 4.90 Å². The molecule has 2 N–H and O–H groups in total. The summed E-state index contributed by atoms with van der Waals surface area (Å²) < 4.78 is 14.0. The van der Waals surface area contributed by atoms with Crippen LogP contribution in [0.15, 0.2) is 60.7 Å². The number of hydrogen-bond acceptors (Lipinski definition) is 4. The zero-order valence-corrected chi connectivity index (χ0v) is 15.6. The Morgan fingerprint density at radius 3 is 2.31 bits per heavy atom. The van der Waals surface area contributed by atoms with E-state index >= 15 is 0 Å². The van der Waals surface area contributed by atoms with Crippen LogP contribution in [0, 0.1) is 5.82 Å². The molecule has 0 aromatic heterocycles. The van der Waals surface area contributed by atoms with Crippen LogP contribution >= 0.6 is 0 Å². The second-order valence-electron chi connectivity index (χ2n) is 6.86. The molecule has 7 heteroatoms. The summed E-state index contributed by atoms with van der Waals surface area (Å²) in [5.41, 5.74) is 0.960. The van der Waals surface area contributed by atoms with Gasteiger partial charge in [-0.1, -0.05) is 36.4 Å². The van der Waals surface area contributed by atoms with Gasteiger partial charge in [-0.25, -0.2) is 4.39 Å². The lowest BCUT2D eigenvalue weighted by Crippen LogP contribution is -2.51. The number of fused-ring (bicyclic) bond motifs is 1. The number of rotatable bonds is 2. The molecule has 1 aliphatic rings. The SMILES string of the molecule is O=C(Nc1cccc2c(O)cccc12)C(=O)N1CCN(c2ccccc2F)CC1. The summed E-state index contributed by atoms with van der Waals surface area (Å²) >= 11 is 0. The number of piperazine rings is 1. The number of hydrogen-bond donors (Lipinski definition) is 2. The topological polar surface area (TPSA) is 72.9 Å². The molecule has 3 aromatic carbocycles. The van der Waals surface area contributed by atoms with Gasteiger partial charge in [-0.15, -0.1) is 0 Å². The van der Waals surface area contributed by atoms with Gasteiger partial charge < -0.3 is 20.2 Å². The van der Waals surface area contributed by atoms with E-state index in [0.717, 1.165) is 0 Å². The fourth-order valence-electron chi connectivity index (χ4n) is 3.58. The molecule has 6 nitrogen and oxygen atoms in total. The molecule has 1 aliphatic heterocycles. The first-order valence-electron chi connectivity index (χ1n) is 9.35. The van der Waals surface area contributed by atoms with E-state index in [-0.39, 0.29) is 11.6 Å². The fraction of sp³-hybridized carbons (Fsp3) is 0.182. The number of anilines is 2. The minimum atomic E-state index is -0.736. The van der Waals surface area contributed by atoms with E-state index in [1.807, 2.05) is 4.90 Å². The summed E-state index contributed by atoms with van der Waals surface area (Å²) in [7, 11) is 0. The number of benzene rings is 3. The highest BCUT2D eigenvalue weighted by molar-refractivity contribution is 6.40. The van der Waals surface area contributed by atoms with Crippen LogP contribution in [-0.4, -0.2) is 48.0 Å². The molecular formula is C22H20FN3O3. The van der Waals surface area contributed by atoms with Crippen molar-refractivity contribution in [3.8, 4) is 5.75 Å². The van der Waals surface area contributed by atoms with Crippen molar-refractivity contribution in [3.63, 3.8) is 0 Å². The van der Waals surface area contributed by atoms with Crippen molar-refractivity contribution >= 4 is 34.0 Å². The molecule has 0 saturated carbocycles. The lowest BCUT2D eigenvalue weighted by molar-refractivity contribution is -0.143. The average Bonchev–Trinajstić information content (AvgIpc) is 2.74. The van der Waals surface area contributed by atoms with Crippen LogP contribution in [0.2, 0.25) is 0 Å². The molecule has 3 aromatic rings. The van der Waals surface area contributed by atoms with Crippen molar-refractivity contribution in [2.75, 3.05) is 36.4 Å². The number of carbonyl (C=O) groups is 2. The first-order valence-corrected chi connectivity index (χ1v) is 9.35. The number of halogens is 1. The highest BCUT2D eigenvalue weighted by Crippen LogP contribution is 2.29. The van der Waals surface area contributed by atoms with Crippen LogP contribution in [0.3, 0.4) is 0 Å². The zero-order valence-electron chi connectivity index (χ0n) is 15.6. The molecule has 0 atom stereocenters. The van der Waals surface area contributed by atoms with Crippen molar-refractivity contribution in [1.29, 1.82) is 0 Å². The van der Waals surface area contributed by atoms with Gasteiger partial charge in [-0.3, -0.25) is 9.59 Å². The van der Waals surface area contributed by atoms with E-state index < -0.39 is 11.8 Å². The van der Waals surface area contributed by atoms with Crippen LogP contribution in [0.25, 0.3) is 10.8 Å². The molecule has 0 unspecified atom stereocenters. The van der Waals surface area contributed by atoms with Crippen LogP contribution in [0.4, 0.5) is 15.8 Å². The summed E-state index contributed by atoms with van der Waals surface area (Å²) in [5, 5.41) is 13.9. The summed E-state index contributed by atoms with van der Waals surface area (Å²) in [6, 6.07) is 16.6. The normalized spacial score (nSPS) is 14.1. The first kappa shape index (κ1) is 18.7. The van der Waals surface area contributed by atoms with E-state index in [4.69, 9.17) is 0 Å². The largest absolute Gasteiger partial charge is 0.507 e. The van der Waals surface area contributed by atoms with Gasteiger partial charge in [0.15, 0.2) is 0 Å². The molecule has 2 amide bonds. The number of phenolic OH excluding ortho intramolecular Hbond substituents is 1. The number of nitrogens with zero attached hydrogens (tertiary/aromatic N) is 2. The Balaban J connectivity index is 1.43. The van der Waals surface area contributed by atoms with Crippen molar-refractivity contribution in [2.24, 2.45) is 0 Å². The Morgan fingerprint density at radius 1 is 0.862 bits per heavy atom. The quantitative estimate of drug-likeness (QED) is 0.657. The van der Waals surface area contributed by atoms with Crippen LogP contribution in [-0.2, 0) is 9.59 Å². The number of nitrogens with one attached hydrogen (secondary N) is 1. The van der Waals surface area contributed by atoms with E-state index in [9.17, 15) is 19.1 Å². The predicted molar refractivity (Wildman–Crippen MR) is 109 cm³/mol. The third kappa shape index (κ3) is 3.71. The van der Waals surface area contributed by atoms with E-state index in [1.54, 1.807) is 54.6 Å². The summed E-state index contributed by atoms with van der Waals surface area (Å²) in [6.45, 7) is 1.55. The van der Waals surface area contributed by atoms with Crippen LogP contribution in [0.5, 0.6) is 5.75 Å². The predicted octanol–water partition coefficient (Wildman–Crippen LogP) is 2.97. The van der Waals surface area contributed by atoms with Gasteiger partial charge >= 0.3 is 11.8 Å². The summed E-state index contributed by atoms with van der Waals surface area (Å²) in [6.07, 6.45) is 0. The number of aromatic hydroxyl groups is 1. The number of carbonyl (C=O) groups excluding carboxylic acids is 2. The zero-order chi connectivity index (χ0) is 20.4. The highest BCUT2D eigenvalue weighted by atomic mass is 19.1. The number of phenols is 1. The van der Waals surface area contributed by atoms with Gasteiger partial charge in [-0.05, 0) is 24.3 Å². The third-order valence-electron chi connectivity index (χ3n) is 5.10. The lowest BCUT2D eigenvalue weighted by Gasteiger charge is -2.35. The molecule has 148 valence electrons. The standard InChI is InChI=1S/C22H20FN3O3/c23-17-7-1-2-9-19(17)25-11-13-26(14-12-25)22(29)21(28)24-18-8-3-6-16-15(18)5-4-10-20(16)27/h1-10,27H,11-14H2,(H,24,28). The Hall–Kier alpha value is -3.61. The minimum Gasteiger partial charge on any atom is -0.507 e. The van der Waals surface area contributed by atoms with E-state index in [0.29, 0.717) is 48.3 Å². The molecule has 0 spiro atoms. The van der Waals surface area contributed by atoms with Crippen molar-refractivity contribution < 1.29 is 19.1 Å². The maximum Gasteiger partial charge on any atom is 0.313 e. The Kier molecular flexibility index (Phi) is 5.03. The first-order chi connectivity index (χ1) is 14.0. The highest BCUT2D eigenvalue weighted by Gasteiger charge is 2.27. The van der Waals surface area contributed by atoms with Crippen molar-refractivity contribution in [3.05, 3.63) is 66.5 Å². The summed E-state index contributed by atoms with van der Waals surface area (Å²) in [4.78, 5) is 28.4. The van der Waals surface area contributed by atoms with Gasteiger partial charge in [0, 0.05) is 42.6 Å². The Morgan fingerprint density at radius 2 is 1.55 bits per heavy atom. The van der Waals surface area contributed by atoms with Crippen LogP contribution < -0.4 is 10.2 Å². The van der Waals surface area contributed by atoms with Crippen molar-refractivity contribution in [2.45, 2.75) is 0 Å². The molecule has 0 radical (unpaired) electrons. The Labute approximate surface area is 167 Å². The fourth-order valence-corrected chi connectivity index (χ4v) is 3.58. The molecule has 4 rings (SSSR count). The van der Waals surface area contributed by atoms with Gasteiger partial charge in [0.2, 0.25) is 0 Å². The molecule has 1 saturated heterocycles.